The molecule has 0 aromatic carbocycles. The average Bonchev–Trinajstić information content (AvgIpc) is 2.20. The van der Waals surface area contributed by atoms with Gasteiger partial charge in [0.2, 0.25) is 0 Å². The van der Waals surface area contributed by atoms with Crippen LogP contribution in [0.3, 0.4) is 0 Å². The van der Waals surface area contributed by atoms with Crippen molar-refractivity contribution >= 4 is 22.3 Å². The monoisotopic (exact) mass is 224 g/mol. The van der Waals surface area contributed by atoms with Gasteiger partial charge in [-0.1, -0.05) is 0 Å². The zero-order chi connectivity index (χ0) is 11.3. The normalized spacial score (nSPS) is 11.7. The number of hydrogen-bond donors (Lipinski definition) is 2. The quantitative estimate of drug-likeness (QED) is 0.768. The van der Waals surface area contributed by atoms with Gasteiger partial charge in [-0.15, -0.1) is 0 Å². The molecular formula is C9H12N4OS. The molecule has 6 heteroatoms. The highest BCUT2D eigenvalue weighted by Gasteiger charge is 2.01. The number of nitrogens with zero attached hydrogens (tertiary/aromatic N) is 2. The Labute approximate surface area is 90.8 Å². The molecule has 0 spiro atoms. The Morgan fingerprint density at radius 3 is 3.00 bits per heavy atom. The maximum absolute atomic E-state index is 10.8. The Hall–Kier alpha value is -1.61. The summed E-state index contributed by atoms with van der Waals surface area (Å²) in [5.41, 5.74) is 6.52. The highest BCUT2D eigenvalue weighted by molar-refractivity contribution is 7.84. The second-order valence-electron chi connectivity index (χ2n) is 2.98. The van der Waals surface area contributed by atoms with Gasteiger partial charge in [-0.05, 0) is 6.07 Å². The lowest BCUT2D eigenvalue weighted by atomic mass is 10.3. The zero-order valence-electron chi connectivity index (χ0n) is 8.36. The maximum Gasteiger partial charge on any atom is 0.149 e. The predicted octanol–water partition coefficient (Wildman–Crippen LogP) is 0.326. The van der Waals surface area contributed by atoms with E-state index >= 15 is 0 Å². The molecule has 0 aliphatic heterocycles. The van der Waals surface area contributed by atoms with Gasteiger partial charge in [0.15, 0.2) is 0 Å². The van der Waals surface area contributed by atoms with Gasteiger partial charge >= 0.3 is 0 Å². The fraction of sp³-hybridized carbons (Fsp3) is 0.333. The maximum atomic E-state index is 10.8. The van der Waals surface area contributed by atoms with Crippen LogP contribution >= 0.6 is 0 Å². The summed E-state index contributed by atoms with van der Waals surface area (Å²) in [6.07, 6.45) is 3.08. The minimum atomic E-state index is -0.835. The second kappa shape index (κ2) is 5.32. The third-order valence-electron chi connectivity index (χ3n) is 1.73. The van der Waals surface area contributed by atoms with Crippen molar-refractivity contribution in [1.29, 1.82) is 5.26 Å². The molecule has 1 atom stereocenters. The van der Waals surface area contributed by atoms with E-state index in [0.717, 1.165) is 0 Å². The molecule has 1 aromatic heterocycles. The summed E-state index contributed by atoms with van der Waals surface area (Å²) in [4.78, 5) is 3.99. The zero-order valence-corrected chi connectivity index (χ0v) is 9.17. The Morgan fingerprint density at radius 2 is 2.47 bits per heavy atom. The molecule has 0 aliphatic carbocycles. The van der Waals surface area contributed by atoms with Crippen molar-refractivity contribution in [1.82, 2.24) is 4.98 Å². The van der Waals surface area contributed by atoms with Crippen LogP contribution in [-0.4, -0.2) is 27.7 Å². The van der Waals surface area contributed by atoms with Crippen LogP contribution in [0.15, 0.2) is 12.3 Å². The van der Waals surface area contributed by atoms with E-state index in [9.17, 15) is 4.21 Å². The summed E-state index contributed by atoms with van der Waals surface area (Å²) in [6.45, 7) is 0.548. The third-order valence-corrected chi connectivity index (χ3v) is 2.51. The van der Waals surface area contributed by atoms with Crippen molar-refractivity contribution in [3.8, 4) is 6.07 Å². The molecule has 5 nitrogen and oxygen atoms in total. The van der Waals surface area contributed by atoms with Crippen molar-refractivity contribution in [3.63, 3.8) is 0 Å². The van der Waals surface area contributed by atoms with Crippen LogP contribution in [0.4, 0.5) is 11.5 Å². The lowest BCUT2D eigenvalue weighted by molar-refractivity contribution is 0.687. The van der Waals surface area contributed by atoms with E-state index in [2.05, 4.69) is 10.3 Å². The first-order valence-corrected chi connectivity index (χ1v) is 6.05. The van der Waals surface area contributed by atoms with Crippen LogP contribution < -0.4 is 11.1 Å². The van der Waals surface area contributed by atoms with Crippen molar-refractivity contribution in [3.05, 3.63) is 17.8 Å². The molecule has 0 saturated carbocycles. The number of hydrogen-bond acceptors (Lipinski definition) is 5. The highest BCUT2D eigenvalue weighted by atomic mass is 32.2. The molecule has 1 unspecified atom stereocenters. The average molecular weight is 224 g/mol. The first-order valence-electron chi connectivity index (χ1n) is 4.33. The number of anilines is 2. The van der Waals surface area contributed by atoms with Crippen LogP contribution in [0.5, 0.6) is 0 Å². The van der Waals surface area contributed by atoms with Gasteiger partial charge in [-0.2, -0.15) is 5.26 Å². The first-order chi connectivity index (χ1) is 7.13. The van der Waals surface area contributed by atoms with E-state index < -0.39 is 10.8 Å². The summed E-state index contributed by atoms with van der Waals surface area (Å²) < 4.78 is 10.8. The SMILES string of the molecule is CS(=O)CCNc1ncc(C#N)cc1N. The van der Waals surface area contributed by atoms with Crippen molar-refractivity contribution < 1.29 is 4.21 Å². The van der Waals surface area contributed by atoms with E-state index in [1.165, 1.54) is 6.20 Å². The van der Waals surface area contributed by atoms with Gasteiger partial charge in [-0.3, -0.25) is 4.21 Å². The summed E-state index contributed by atoms with van der Waals surface area (Å²) in [7, 11) is -0.835. The summed E-state index contributed by atoms with van der Waals surface area (Å²) in [5, 5.41) is 11.6. The molecular weight excluding hydrogens is 212 g/mol. The molecule has 1 aromatic rings. The molecule has 0 aliphatic rings. The van der Waals surface area contributed by atoms with E-state index in [1.807, 2.05) is 6.07 Å². The van der Waals surface area contributed by atoms with E-state index in [1.54, 1.807) is 12.3 Å². The van der Waals surface area contributed by atoms with E-state index in [-0.39, 0.29) is 0 Å². The van der Waals surface area contributed by atoms with E-state index in [4.69, 9.17) is 11.0 Å². The fourth-order valence-corrected chi connectivity index (χ4v) is 1.39. The van der Waals surface area contributed by atoms with Crippen LogP contribution in [0.2, 0.25) is 0 Å². The van der Waals surface area contributed by atoms with E-state index in [0.29, 0.717) is 29.4 Å². The first kappa shape index (κ1) is 11.5. The lowest BCUT2D eigenvalue weighted by Crippen LogP contribution is -2.12. The number of pyridine rings is 1. The van der Waals surface area contributed by atoms with Crippen LogP contribution in [0, 0.1) is 11.3 Å². The number of aromatic nitrogens is 1. The molecule has 0 amide bonds. The molecule has 0 bridgehead atoms. The standard InChI is InChI=1S/C9H12N4OS/c1-15(14)3-2-12-9-8(11)4-7(5-10)6-13-9/h4,6H,2-3,11H2,1H3,(H,12,13). The Kier molecular flexibility index (Phi) is 4.06. The summed E-state index contributed by atoms with van der Waals surface area (Å²) in [5.74, 6) is 1.07. The molecule has 0 saturated heterocycles. The number of rotatable bonds is 4. The van der Waals surface area contributed by atoms with Crippen LogP contribution in [-0.2, 0) is 10.8 Å². The molecule has 1 rings (SSSR count). The molecule has 0 radical (unpaired) electrons. The number of nitrogen functional groups attached to an aromatic ring is 1. The molecule has 0 fully saturated rings. The van der Waals surface area contributed by atoms with Crippen LogP contribution in [0.1, 0.15) is 5.56 Å². The Morgan fingerprint density at radius 1 is 1.73 bits per heavy atom. The smallest absolute Gasteiger partial charge is 0.149 e. The largest absolute Gasteiger partial charge is 0.396 e. The summed E-state index contributed by atoms with van der Waals surface area (Å²) >= 11 is 0. The molecule has 3 N–H and O–H groups in total. The van der Waals surface area contributed by atoms with Crippen molar-refractivity contribution in [2.45, 2.75) is 0 Å². The Balaban J connectivity index is 2.63. The minimum Gasteiger partial charge on any atom is -0.396 e. The predicted molar refractivity (Wildman–Crippen MR) is 60.8 cm³/mol. The summed E-state index contributed by atoms with van der Waals surface area (Å²) in [6, 6.07) is 3.50. The third kappa shape index (κ3) is 3.56. The fourth-order valence-electron chi connectivity index (χ4n) is 1.00. The molecule has 1 heterocycles. The minimum absolute atomic E-state index is 0.427. The van der Waals surface area contributed by atoms with Gasteiger partial charge in [0, 0.05) is 35.5 Å². The van der Waals surface area contributed by atoms with Crippen LogP contribution in [0.25, 0.3) is 0 Å². The number of nitrogens with two attached hydrogens (primary N) is 1. The highest BCUT2D eigenvalue weighted by Crippen LogP contribution is 2.15. The second-order valence-corrected chi connectivity index (χ2v) is 4.53. The number of nitriles is 1. The van der Waals surface area contributed by atoms with Gasteiger partial charge in [-0.25, -0.2) is 4.98 Å². The Bertz CT molecular complexity index is 413. The van der Waals surface area contributed by atoms with Crippen molar-refractivity contribution in [2.24, 2.45) is 0 Å². The van der Waals surface area contributed by atoms with Gasteiger partial charge < -0.3 is 11.1 Å². The molecule has 15 heavy (non-hydrogen) atoms. The van der Waals surface area contributed by atoms with Gasteiger partial charge in [0.05, 0.1) is 11.3 Å². The lowest BCUT2D eigenvalue weighted by Gasteiger charge is -2.06. The molecule has 80 valence electrons. The van der Waals surface area contributed by atoms with Crippen molar-refractivity contribution in [2.75, 3.05) is 29.6 Å². The topological polar surface area (TPSA) is 91.8 Å². The van der Waals surface area contributed by atoms with Gasteiger partial charge in [0.25, 0.3) is 0 Å². The van der Waals surface area contributed by atoms with Gasteiger partial charge in [0.1, 0.15) is 11.9 Å². The number of nitrogens with one attached hydrogen (secondary N) is 1.